The zero-order valence-electron chi connectivity index (χ0n) is 3.34. The molecule has 0 saturated heterocycles. The van der Waals surface area contributed by atoms with Crippen molar-refractivity contribution < 1.29 is 40.7 Å². The maximum absolute atomic E-state index is 7.28. The molecule has 8 heteroatoms. The van der Waals surface area contributed by atoms with Crippen LogP contribution in [0.25, 0.3) is 0 Å². The van der Waals surface area contributed by atoms with Gasteiger partial charge in [0.2, 0.25) is 0 Å². The lowest BCUT2D eigenvalue weighted by molar-refractivity contribution is -0.810. The molecule has 2 N–H and O–H groups in total. The van der Waals surface area contributed by atoms with Crippen LogP contribution >= 0.6 is 0 Å². The number of hydrogen-bond donors (Lipinski definition) is 2. The minimum atomic E-state index is 2.82. The average molecular weight is 130 g/mol. The van der Waals surface area contributed by atoms with E-state index in [1.807, 2.05) is 0 Å². The van der Waals surface area contributed by atoms with Gasteiger partial charge >= 0.3 is 0 Å². The topological polar surface area (TPSA) is 95.8 Å². The highest BCUT2D eigenvalue weighted by molar-refractivity contribution is 2.96. The highest BCUT2D eigenvalue weighted by atomic mass is 17.9. The fourth-order valence-corrected chi connectivity index (χ4v) is 0.0475. The Labute approximate surface area is 42.1 Å². The molecule has 50 valence electrons. The fourth-order valence-electron chi connectivity index (χ4n) is 0.0475. The Morgan fingerprint density at radius 1 is 0.625 bits per heavy atom. The SMILES string of the molecule is OOOOOOOO. The average Bonchev–Trinajstić information content (AvgIpc) is 1.81. The lowest BCUT2D eigenvalue weighted by Gasteiger charge is -1.90. The molecule has 0 unspecified atom stereocenters. The van der Waals surface area contributed by atoms with Gasteiger partial charge in [-0.15, -0.1) is 0 Å². The predicted octanol–water partition coefficient (Wildman–Crippen LogP) is -0.393. The molecule has 0 heterocycles. The van der Waals surface area contributed by atoms with Crippen LogP contribution in [0.2, 0.25) is 0 Å². The lowest BCUT2D eigenvalue weighted by atomic mass is 14.1. The van der Waals surface area contributed by atoms with Gasteiger partial charge in [0.25, 0.3) is 0 Å². The van der Waals surface area contributed by atoms with Gasteiger partial charge in [0.15, 0.2) is 0 Å². The Morgan fingerprint density at radius 2 is 1.00 bits per heavy atom. The molecule has 0 aromatic heterocycles. The molecule has 0 bridgehead atoms. The Kier molecular flexibility index (Phi) is 6.41. The molecule has 0 spiro atoms. The molecule has 0 aliphatic rings. The third-order valence-electron chi connectivity index (χ3n) is 0.144. The Hall–Kier alpha value is -0.320. The predicted molar refractivity (Wildman–Crippen MR) is 11.8 cm³/mol. The molecule has 0 aromatic carbocycles. The second-order valence-electron chi connectivity index (χ2n) is 0.421. The normalized spacial score (nSPS) is 9.75. The summed E-state index contributed by atoms with van der Waals surface area (Å²) in [5.41, 5.74) is 0. The van der Waals surface area contributed by atoms with Crippen molar-refractivity contribution >= 4 is 0 Å². The summed E-state index contributed by atoms with van der Waals surface area (Å²) in [5.74, 6) is 0. The Bertz CT molecular complexity index is 25.0. The summed E-state index contributed by atoms with van der Waals surface area (Å²) in [7, 11) is 0. The molecule has 0 saturated carbocycles. The minimum Gasteiger partial charge on any atom is -0.219 e. The quantitative estimate of drug-likeness (QED) is 0.295. The van der Waals surface area contributed by atoms with Gasteiger partial charge in [-0.2, -0.15) is 0 Å². The van der Waals surface area contributed by atoms with Crippen molar-refractivity contribution in [1.29, 1.82) is 0 Å². The lowest BCUT2D eigenvalue weighted by Crippen LogP contribution is -1.96. The smallest absolute Gasteiger partial charge is 0.0000896 e. The van der Waals surface area contributed by atoms with Crippen LogP contribution in [0.15, 0.2) is 0 Å². The van der Waals surface area contributed by atoms with E-state index in [1.165, 1.54) is 0 Å². The largest absolute Gasteiger partial charge is 0.219 e. The summed E-state index contributed by atoms with van der Waals surface area (Å²) in [6.07, 6.45) is 0. The molecular formula is H2O8. The maximum Gasteiger partial charge on any atom is -0.0000896 e. The molecule has 0 rings (SSSR count). The van der Waals surface area contributed by atoms with Gasteiger partial charge in [-0.25, -0.2) is 10.5 Å². The number of hydrogen-bond acceptors (Lipinski definition) is 8. The molecule has 8 nitrogen and oxygen atoms in total. The maximum atomic E-state index is 7.28. The third kappa shape index (κ3) is 5.68. The first-order valence-corrected chi connectivity index (χ1v) is 1.20. The van der Waals surface area contributed by atoms with Crippen molar-refractivity contribution in [2.24, 2.45) is 0 Å². The van der Waals surface area contributed by atoms with E-state index in [0.717, 1.165) is 0 Å². The second kappa shape index (κ2) is 6.68. The van der Waals surface area contributed by atoms with E-state index in [9.17, 15) is 0 Å². The Morgan fingerprint density at radius 3 is 1.25 bits per heavy atom. The van der Waals surface area contributed by atoms with Crippen LogP contribution in [-0.2, 0) is 30.2 Å². The molecule has 0 aromatic rings. The standard InChI is InChI=1S/H2O8/c1-3-5-7-8-6-4-2/h1-2H. The van der Waals surface area contributed by atoms with E-state index in [4.69, 9.17) is 10.5 Å². The van der Waals surface area contributed by atoms with Crippen molar-refractivity contribution in [2.45, 2.75) is 0 Å². The van der Waals surface area contributed by atoms with E-state index < -0.39 is 0 Å². The highest BCUT2D eigenvalue weighted by Crippen LogP contribution is 1.81. The fraction of sp³-hybridized carbons (Fsp3) is 0. The summed E-state index contributed by atoms with van der Waals surface area (Å²) < 4.78 is 0. The van der Waals surface area contributed by atoms with Gasteiger partial charge in [0.05, 0.1) is 0 Å². The van der Waals surface area contributed by atoms with Crippen LogP contribution in [0, 0.1) is 0 Å². The van der Waals surface area contributed by atoms with Gasteiger partial charge in [-0.05, 0) is 30.2 Å². The first-order chi connectivity index (χ1) is 3.91. The van der Waals surface area contributed by atoms with Crippen LogP contribution in [0.4, 0.5) is 0 Å². The zero-order valence-corrected chi connectivity index (χ0v) is 3.34. The van der Waals surface area contributed by atoms with E-state index in [1.54, 1.807) is 0 Å². The minimum absolute atomic E-state index is 2.82. The van der Waals surface area contributed by atoms with Crippen LogP contribution in [0.3, 0.4) is 0 Å². The van der Waals surface area contributed by atoms with Crippen LogP contribution < -0.4 is 0 Å². The van der Waals surface area contributed by atoms with Crippen molar-refractivity contribution in [1.82, 2.24) is 0 Å². The van der Waals surface area contributed by atoms with Gasteiger partial charge in [0, 0.05) is 0 Å². The van der Waals surface area contributed by atoms with Crippen LogP contribution in [-0.4, -0.2) is 10.5 Å². The van der Waals surface area contributed by atoms with E-state index in [2.05, 4.69) is 30.2 Å². The van der Waals surface area contributed by atoms with Gasteiger partial charge < -0.3 is 0 Å². The number of rotatable bonds is 5. The van der Waals surface area contributed by atoms with Crippen LogP contribution in [0.1, 0.15) is 0 Å². The summed E-state index contributed by atoms with van der Waals surface area (Å²) >= 11 is 0. The van der Waals surface area contributed by atoms with E-state index >= 15 is 0 Å². The molecule has 0 aliphatic heterocycles. The van der Waals surface area contributed by atoms with Crippen LogP contribution in [0.5, 0.6) is 0 Å². The van der Waals surface area contributed by atoms with Crippen molar-refractivity contribution in [3.8, 4) is 0 Å². The summed E-state index contributed by atoms with van der Waals surface area (Å²) in [6.45, 7) is 0. The second-order valence-corrected chi connectivity index (χ2v) is 0.421. The van der Waals surface area contributed by atoms with Gasteiger partial charge in [-0.1, -0.05) is 0 Å². The van der Waals surface area contributed by atoms with Gasteiger partial charge in [0.1, 0.15) is 0 Å². The summed E-state index contributed by atoms with van der Waals surface area (Å²) in [4.78, 5) is 0. The molecule has 0 aliphatic carbocycles. The molecule has 0 fully saturated rings. The van der Waals surface area contributed by atoms with Crippen molar-refractivity contribution in [3.63, 3.8) is 0 Å². The molecule has 0 atom stereocenters. The van der Waals surface area contributed by atoms with Gasteiger partial charge in [-0.3, -0.25) is 0 Å². The molecular weight excluding hydrogens is 128 g/mol. The third-order valence-corrected chi connectivity index (χ3v) is 0.144. The first-order valence-electron chi connectivity index (χ1n) is 1.20. The molecule has 0 radical (unpaired) electrons. The summed E-state index contributed by atoms with van der Waals surface area (Å²) in [5, 5.41) is 33.0. The molecule has 8 heavy (non-hydrogen) atoms. The van der Waals surface area contributed by atoms with Crippen molar-refractivity contribution in [3.05, 3.63) is 0 Å². The summed E-state index contributed by atoms with van der Waals surface area (Å²) in [6, 6.07) is 0. The monoisotopic (exact) mass is 130 g/mol. The zero-order chi connectivity index (χ0) is 6.24. The first kappa shape index (κ1) is 7.68. The van der Waals surface area contributed by atoms with Crippen molar-refractivity contribution in [2.75, 3.05) is 0 Å². The highest BCUT2D eigenvalue weighted by Gasteiger charge is 1.87. The molecule has 0 amide bonds. The van der Waals surface area contributed by atoms with E-state index in [0.29, 0.717) is 0 Å². The Balaban J connectivity index is 2.53. The van der Waals surface area contributed by atoms with E-state index in [-0.39, 0.29) is 0 Å².